The molecule has 0 amide bonds. The Morgan fingerprint density at radius 1 is 1.47 bits per heavy atom. The van der Waals surface area contributed by atoms with E-state index in [2.05, 4.69) is 9.80 Å². The molecule has 1 fully saturated rings. The van der Waals surface area contributed by atoms with E-state index in [1.807, 2.05) is 14.1 Å². The Morgan fingerprint density at radius 3 is 2.84 bits per heavy atom. The summed E-state index contributed by atoms with van der Waals surface area (Å²) in [7, 11) is 4.00. The standard InChI is InChI=1S/C14H20ClFN2O/c1-17(2)7-10-6-11(19)8-18(10)9-12-13(15)4-3-5-14(12)16/h3-5,10-11,19H,6-9H2,1-2H3. The first-order chi connectivity index (χ1) is 8.97. The lowest BCUT2D eigenvalue weighted by Gasteiger charge is -2.27. The highest BCUT2D eigenvalue weighted by Gasteiger charge is 2.31. The molecule has 0 aliphatic carbocycles. The molecular weight excluding hydrogens is 267 g/mol. The SMILES string of the molecule is CN(C)CC1CC(O)CN1Cc1c(F)cccc1Cl. The monoisotopic (exact) mass is 286 g/mol. The molecule has 1 saturated heterocycles. The molecule has 1 aliphatic rings. The number of aliphatic hydroxyl groups excluding tert-OH is 1. The van der Waals surface area contributed by atoms with Crippen molar-refractivity contribution in [2.75, 3.05) is 27.2 Å². The first kappa shape index (κ1) is 14.7. The molecule has 1 aromatic carbocycles. The second-order valence-corrected chi connectivity index (χ2v) is 5.84. The summed E-state index contributed by atoms with van der Waals surface area (Å²) >= 11 is 6.06. The van der Waals surface area contributed by atoms with Gasteiger partial charge in [-0.15, -0.1) is 0 Å². The highest BCUT2D eigenvalue weighted by molar-refractivity contribution is 6.31. The maximum absolute atomic E-state index is 13.8. The van der Waals surface area contributed by atoms with Gasteiger partial charge in [0.2, 0.25) is 0 Å². The molecular formula is C14H20ClFN2O. The van der Waals surface area contributed by atoms with Gasteiger partial charge in [0.25, 0.3) is 0 Å². The van der Waals surface area contributed by atoms with E-state index in [1.54, 1.807) is 12.1 Å². The predicted octanol–water partition coefficient (Wildman–Crippen LogP) is 1.98. The van der Waals surface area contributed by atoms with Gasteiger partial charge in [-0.3, -0.25) is 4.90 Å². The number of β-amino-alcohol motifs (C(OH)–C–C–N with tert-alkyl or cyclic N) is 1. The van der Waals surface area contributed by atoms with Gasteiger partial charge in [0.05, 0.1) is 6.10 Å². The van der Waals surface area contributed by atoms with E-state index < -0.39 is 0 Å². The van der Waals surface area contributed by atoms with Crippen molar-refractivity contribution in [1.82, 2.24) is 9.80 Å². The molecule has 0 bridgehead atoms. The van der Waals surface area contributed by atoms with Crippen molar-refractivity contribution in [3.05, 3.63) is 34.6 Å². The molecule has 0 radical (unpaired) electrons. The average molecular weight is 287 g/mol. The fourth-order valence-electron chi connectivity index (χ4n) is 2.65. The molecule has 5 heteroatoms. The summed E-state index contributed by atoms with van der Waals surface area (Å²) < 4.78 is 13.8. The van der Waals surface area contributed by atoms with Crippen molar-refractivity contribution < 1.29 is 9.50 Å². The third kappa shape index (κ3) is 3.66. The van der Waals surface area contributed by atoms with Crippen molar-refractivity contribution >= 4 is 11.6 Å². The van der Waals surface area contributed by atoms with Gasteiger partial charge in [0, 0.05) is 36.3 Å². The summed E-state index contributed by atoms with van der Waals surface area (Å²) in [6.07, 6.45) is 0.389. The van der Waals surface area contributed by atoms with E-state index in [1.165, 1.54) is 6.07 Å². The van der Waals surface area contributed by atoms with Crippen LogP contribution in [0.25, 0.3) is 0 Å². The highest BCUT2D eigenvalue weighted by atomic mass is 35.5. The van der Waals surface area contributed by atoms with Crippen molar-refractivity contribution in [1.29, 1.82) is 0 Å². The Kier molecular flexibility index (Phi) is 4.79. The van der Waals surface area contributed by atoms with Crippen LogP contribution in [0.5, 0.6) is 0 Å². The zero-order chi connectivity index (χ0) is 14.0. The smallest absolute Gasteiger partial charge is 0.129 e. The number of likely N-dealkylation sites (N-methyl/N-ethyl adjacent to an activating group) is 1. The van der Waals surface area contributed by atoms with Gasteiger partial charge in [-0.2, -0.15) is 0 Å². The second-order valence-electron chi connectivity index (χ2n) is 5.44. The van der Waals surface area contributed by atoms with E-state index in [-0.39, 0.29) is 18.0 Å². The minimum atomic E-state index is -0.338. The third-order valence-electron chi connectivity index (χ3n) is 3.50. The first-order valence-electron chi connectivity index (χ1n) is 6.47. The van der Waals surface area contributed by atoms with Crippen molar-refractivity contribution in [2.45, 2.75) is 25.1 Å². The molecule has 2 rings (SSSR count). The Balaban J connectivity index is 2.12. The minimum Gasteiger partial charge on any atom is -0.392 e. The summed E-state index contributed by atoms with van der Waals surface area (Å²) in [5.41, 5.74) is 0.516. The molecule has 2 atom stereocenters. The molecule has 1 N–H and O–H groups in total. The lowest BCUT2D eigenvalue weighted by Crippen LogP contribution is -2.37. The second kappa shape index (κ2) is 6.18. The van der Waals surface area contributed by atoms with Crippen LogP contribution in [0.3, 0.4) is 0 Å². The van der Waals surface area contributed by atoms with Crippen LogP contribution in [0, 0.1) is 5.82 Å². The van der Waals surface area contributed by atoms with Crippen LogP contribution in [-0.2, 0) is 6.54 Å². The average Bonchev–Trinajstić information content (AvgIpc) is 2.63. The molecule has 0 saturated carbocycles. The molecule has 3 nitrogen and oxygen atoms in total. The molecule has 1 aromatic rings. The zero-order valence-corrected chi connectivity index (χ0v) is 12.1. The number of aliphatic hydroxyl groups is 1. The molecule has 0 aromatic heterocycles. The quantitative estimate of drug-likeness (QED) is 0.917. The molecule has 2 unspecified atom stereocenters. The lowest BCUT2D eigenvalue weighted by molar-refractivity contribution is 0.168. The van der Waals surface area contributed by atoms with Gasteiger partial charge in [-0.1, -0.05) is 17.7 Å². The number of nitrogens with zero attached hydrogens (tertiary/aromatic N) is 2. The van der Waals surface area contributed by atoms with Crippen molar-refractivity contribution in [2.24, 2.45) is 0 Å². The summed E-state index contributed by atoms with van der Waals surface area (Å²) in [5.74, 6) is -0.280. The third-order valence-corrected chi connectivity index (χ3v) is 3.86. The van der Waals surface area contributed by atoms with Crippen LogP contribution >= 0.6 is 11.6 Å². The van der Waals surface area contributed by atoms with Gasteiger partial charge in [-0.05, 0) is 32.6 Å². The van der Waals surface area contributed by atoms with Crippen LogP contribution in [-0.4, -0.2) is 54.2 Å². The summed E-state index contributed by atoms with van der Waals surface area (Å²) in [5, 5.41) is 10.3. The largest absolute Gasteiger partial charge is 0.392 e. The molecule has 1 aliphatic heterocycles. The van der Waals surface area contributed by atoms with Crippen LogP contribution in [0.15, 0.2) is 18.2 Å². The van der Waals surface area contributed by atoms with Crippen LogP contribution < -0.4 is 0 Å². The Morgan fingerprint density at radius 2 is 2.21 bits per heavy atom. The Bertz CT molecular complexity index is 421. The Labute approximate surface area is 118 Å². The van der Waals surface area contributed by atoms with Crippen LogP contribution in [0.2, 0.25) is 5.02 Å². The fraction of sp³-hybridized carbons (Fsp3) is 0.571. The fourth-order valence-corrected chi connectivity index (χ4v) is 2.87. The van der Waals surface area contributed by atoms with E-state index in [0.717, 1.165) is 13.0 Å². The van der Waals surface area contributed by atoms with E-state index >= 15 is 0 Å². The molecule has 106 valence electrons. The minimum absolute atomic E-state index is 0.237. The number of likely N-dealkylation sites (tertiary alicyclic amines) is 1. The van der Waals surface area contributed by atoms with Gasteiger partial charge in [0.1, 0.15) is 5.82 Å². The van der Waals surface area contributed by atoms with Gasteiger partial charge < -0.3 is 10.0 Å². The van der Waals surface area contributed by atoms with Gasteiger partial charge >= 0.3 is 0 Å². The van der Waals surface area contributed by atoms with E-state index in [0.29, 0.717) is 23.7 Å². The predicted molar refractivity (Wildman–Crippen MR) is 74.8 cm³/mol. The number of benzene rings is 1. The van der Waals surface area contributed by atoms with Crippen molar-refractivity contribution in [3.63, 3.8) is 0 Å². The zero-order valence-electron chi connectivity index (χ0n) is 11.3. The lowest BCUT2D eigenvalue weighted by atomic mass is 10.1. The first-order valence-corrected chi connectivity index (χ1v) is 6.85. The summed E-state index contributed by atoms with van der Waals surface area (Å²) in [4.78, 5) is 4.19. The maximum atomic E-state index is 13.8. The van der Waals surface area contributed by atoms with Gasteiger partial charge in [0.15, 0.2) is 0 Å². The number of rotatable bonds is 4. The van der Waals surface area contributed by atoms with Crippen LogP contribution in [0.4, 0.5) is 4.39 Å². The van der Waals surface area contributed by atoms with Crippen LogP contribution in [0.1, 0.15) is 12.0 Å². The number of hydrogen-bond donors (Lipinski definition) is 1. The Hall–Kier alpha value is -0.680. The van der Waals surface area contributed by atoms with E-state index in [4.69, 9.17) is 11.6 Å². The van der Waals surface area contributed by atoms with Crippen molar-refractivity contribution in [3.8, 4) is 0 Å². The molecule has 1 heterocycles. The normalized spacial score (nSPS) is 24.3. The molecule has 19 heavy (non-hydrogen) atoms. The topological polar surface area (TPSA) is 26.7 Å². The number of halogens is 2. The summed E-state index contributed by atoms with van der Waals surface area (Å²) in [6, 6.07) is 4.97. The van der Waals surface area contributed by atoms with E-state index in [9.17, 15) is 9.50 Å². The maximum Gasteiger partial charge on any atom is 0.129 e. The number of hydrogen-bond acceptors (Lipinski definition) is 3. The molecule has 0 spiro atoms. The van der Waals surface area contributed by atoms with Gasteiger partial charge in [-0.25, -0.2) is 4.39 Å². The summed E-state index contributed by atoms with van der Waals surface area (Å²) in [6.45, 7) is 1.87. The highest BCUT2D eigenvalue weighted by Crippen LogP contribution is 2.26.